The fourth-order valence-corrected chi connectivity index (χ4v) is 3.12. The van der Waals surface area contributed by atoms with Gasteiger partial charge in [-0.05, 0) is 54.8 Å². The molecule has 4 nitrogen and oxygen atoms in total. The predicted molar refractivity (Wildman–Crippen MR) is 101 cm³/mol. The second kappa shape index (κ2) is 7.62. The van der Waals surface area contributed by atoms with Crippen molar-refractivity contribution in [2.45, 2.75) is 19.8 Å². The van der Waals surface area contributed by atoms with Crippen molar-refractivity contribution >= 4 is 28.4 Å². The Morgan fingerprint density at radius 1 is 1.20 bits per heavy atom. The Labute approximate surface area is 152 Å². The van der Waals surface area contributed by atoms with E-state index >= 15 is 0 Å². The summed E-state index contributed by atoms with van der Waals surface area (Å²) in [5.41, 5.74) is 4.17. The van der Waals surface area contributed by atoms with E-state index < -0.39 is 0 Å². The zero-order valence-electron chi connectivity index (χ0n) is 14.4. The van der Waals surface area contributed by atoms with E-state index in [0.717, 1.165) is 39.9 Å². The second-order valence-electron chi connectivity index (χ2n) is 6.04. The van der Waals surface area contributed by atoms with Gasteiger partial charge in [-0.3, -0.25) is 4.79 Å². The number of aromatic nitrogens is 1. The first-order valence-electron chi connectivity index (χ1n) is 8.23. The number of ether oxygens (including phenoxy) is 1. The highest BCUT2D eigenvalue weighted by Gasteiger charge is 2.12. The van der Waals surface area contributed by atoms with Gasteiger partial charge in [0.1, 0.15) is 5.75 Å². The van der Waals surface area contributed by atoms with E-state index in [1.165, 1.54) is 0 Å². The Hall–Kier alpha value is -2.46. The van der Waals surface area contributed by atoms with Crippen LogP contribution in [-0.2, 0) is 17.6 Å². The van der Waals surface area contributed by atoms with Gasteiger partial charge in [0.25, 0.3) is 0 Å². The van der Waals surface area contributed by atoms with Gasteiger partial charge in [-0.2, -0.15) is 0 Å². The average Bonchev–Trinajstić information content (AvgIpc) is 2.91. The fourth-order valence-electron chi connectivity index (χ4n) is 2.94. The Kier molecular flexibility index (Phi) is 5.29. The van der Waals surface area contributed by atoms with Crippen LogP contribution >= 0.6 is 11.6 Å². The van der Waals surface area contributed by atoms with Gasteiger partial charge in [-0.25, -0.2) is 0 Å². The van der Waals surface area contributed by atoms with Crippen molar-refractivity contribution in [3.8, 4) is 5.75 Å². The van der Waals surface area contributed by atoms with Crippen molar-refractivity contribution in [3.63, 3.8) is 0 Å². The summed E-state index contributed by atoms with van der Waals surface area (Å²) in [5, 5.41) is 4.67. The van der Waals surface area contributed by atoms with Crippen molar-refractivity contribution in [1.29, 1.82) is 0 Å². The van der Waals surface area contributed by atoms with Crippen LogP contribution in [0.15, 0.2) is 42.5 Å². The Balaban J connectivity index is 1.59. The van der Waals surface area contributed by atoms with Gasteiger partial charge in [0, 0.05) is 28.2 Å². The van der Waals surface area contributed by atoms with Crippen LogP contribution in [0.3, 0.4) is 0 Å². The first-order valence-corrected chi connectivity index (χ1v) is 8.61. The maximum absolute atomic E-state index is 12.3. The van der Waals surface area contributed by atoms with E-state index in [-0.39, 0.29) is 5.91 Å². The monoisotopic (exact) mass is 356 g/mol. The molecule has 0 aliphatic carbocycles. The van der Waals surface area contributed by atoms with Gasteiger partial charge in [0.2, 0.25) is 5.91 Å². The van der Waals surface area contributed by atoms with E-state index in [9.17, 15) is 4.79 Å². The quantitative estimate of drug-likeness (QED) is 0.700. The lowest BCUT2D eigenvalue weighted by atomic mass is 10.1. The van der Waals surface area contributed by atoms with Crippen LogP contribution in [0.4, 0.5) is 0 Å². The van der Waals surface area contributed by atoms with Crippen LogP contribution in [0.25, 0.3) is 10.9 Å². The first kappa shape index (κ1) is 17.4. The third-order valence-corrected chi connectivity index (χ3v) is 4.55. The van der Waals surface area contributed by atoms with Crippen molar-refractivity contribution in [2.24, 2.45) is 0 Å². The lowest BCUT2D eigenvalue weighted by Crippen LogP contribution is -2.27. The smallest absolute Gasteiger partial charge is 0.224 e. The van der Waals surface area contributed by atoms with Gasteiger partial charge in [0.05, 0.1) is 13.5 Å². The Morgan fingerprint density at radius 2 is 1.96 bits per heavy atom. The summed E-state index contributed by atoms with van der Waals surface area (Å²) in [5.74, 6) is 0.846. The second-order valence-corrected chi connectivity index (χ2v) is 6.48. The number of rotatable bonds is 6. The molecule has 0 atom stereocenters. The normalized spacial score (nSPS) is 10.8. The standard InChI is InChI=1S/C20H21ClN2O2/c1-13-17(18-11-15(21)5-8-19(18)23-13)12-20(24)22-10-9-14-3-6-16(25-2)7-4-14/h3-8,11,23H,9-10,12H2,1-2H3,(H,22,24). The highest BCUT2D eigenvalue weighted by molar-refractivity contribution is 6.31. The predicted octanol–water partition coefficient (Wildman–Crippen LogP) is 4.04. The van der Waals surface area contributed by atoms with E-state index in [2.05, 4.69) is 10.3 Å². The molecule has 0 saturated heterocycles. The van der Waals surface area contributed by atoms with E-state index in [1.807, 2.05) is 49.4 Å². The van der Waals surface area contributed by atoms with Gasteiger partial charge < -0.3 is 15.0 Å². The summed E-state index contributed by atoms with van der Waals surface area (Å²) in [7, 11) is 1.65. The third kappa shape index (κ3) is 4.15. The fraction of sp³-hybridized carbons (Fsp3) is 0.250. The highest BCUT2D eigenvalue weighted by atomic mass is 35.5. The van der Waals surface area contributed by atoms with Crippen LogP contribution in [0.2, 0.25) is 5.02 Å². The number of carbonyl (C=O) groups is 1. The number of hydrogen-bond acceptors (Lipinski definition) is 2. The average molecular weight is 357 g/mol. The molecule has 2 N–H and O–H groups in total. The Bertz CT molecular complexity index is 885. The zero-order chi connectivity index (χ0) is 17.8. The number of amides is 1. The molecule has 0 aliphatic rings. The van der Waals surface area contributed by atoms with Crippen molar-refractivity contribution < 1.29 is 9.53 Å². The molecule has 0 unspecified atom stereocenters. The molecule has 0 bridgehead atoms. The molecule has 130 valence electrons. The zero-order valence-corrected chi connectivity index (χ0v) is 15.1. The summed E-state index contributed by atoms with van der Waals surface area (Å²) in [6.07, 6.45) is 1.13. The maximum atomic E-state index is 12.3. The molecule has 1 aromatic heterocycles. The number of fused-ring (bicyclic) bond motifs is 1. The summed E-state index contributed by atoms with van der Waals surface area (Å²) in [4.78, 5) is 15.6. The van der Waals surface area contributed by atoms with E-state index in [0.29, 0.717) is 18.0 Å². The molecular formula is C20H21ClN2O2. The first-order chi connectivity index (χ1) is 12.1. The molecule has 25 heavy (non-hydrogen) atoms. The molecule has 0 radical (unpaired) electrons. The number of hydrogen-bond donors (Lipinski definition) is 2. The maximum Gasteiger partial charge on any atom is 0.224 e. The number of methoxy groups -OCH3 is 1. The van der Waals surface area contributed by atoms with Crippen molar-refractivity contribution in [1.82, 2.24) is 10.3 Å². The lowest BCUT2D eigenvalue weighted by Gasteiger charge is -2.07. The molecule has 0 spiro atoms. The largest absolute Gasteiger partial charge is 0.497 e. The minimum absolute atomic E-state index is 0.0116. The van der Waals surface area contributed by atoms with E-state index in [1.54, 1.807) is 7.11 Å². The number of carbonyl (C=O) groups excluding carboxylic acids is 1. The van der Waals surface area contributed by atoms with Gasteiger partial charge in [0.15, 0.2) is 0 Å². The van der Waals surface area contributed by atoms with E-state index in [4.69, 9.17) is 16.3 Å². The summed E-state index contributed by atoms with van der Waals surface area (Å²) in [6.45, 7) is 2.58. The Morgan fingerprint density at radius 3 is 2.68 bits per heavy atom. The number of aromatic amines is 1. The number of benzene rings is 2. The molecule has 3 aromatic rings. The van der Waals surface area contributed by atoms with Crippen molar-refractivity contribution in [2.75, 3.05) is 13.7 Å². The van der Waals surface area contributed by atoms with Crippen LogP contribution in [0, 0.1) is 6.92 Å². The number of H-pyrrole nitrogens is 1. The van der Waals surface area contributed by atoms with Crippen LogP contribution in [-0.4, -0.2) is 24.5 Å². The molecule has 3 rings (SSSR count). The third-order valence-electron chi connectivity index (χ3n) is 4.31. The number of aryl methyl sites for hydroxylation is 1. The molecule has 0 saturated carbocycles. The molecule has 1 heterocycles. The minimum Gasteiger partial charge on any atom is -0.497 e. The lowest BCUT2D eigenvalue weighted by molar-refractivity contribution is -0.120. The molecule has 0 fully saturated rings. The topological polar surface area (TPSA) is 54.1 Å². The summed E-state index contributed by atoms with van der Waals surface area (Å²) in [6, 6.07) is 13.6. The van der Waals surface area contributed by atoms with Gasteiger partial charge in [-0.15, -0.1) is 0 Å². The molecule has 5 heteroatoms. The molecule has 2 aromatic carbocycles. The van der Waals surface area contributed by atoms with Crippen molar-refractivity contribution in [3.05, 3.63) is 64.3 Å². The molecule has 0 aliphatic heterocycles. The van der Waals surface area contributed by atoms with Crippen LogP contribution in [0.5, 0.6) is 5.75 Å². The summed E-state index contributed by atoms with van der Waals surface area (Å²) >= 11 is 6.09. The molecular weight excluding hydrogens is 336 g/mol. The summed E-state index contributed by atoms with van der Waals surface area (Å²) < 4.78 is 5.14. The SMILES string of the molecule is COc1ccc(CCNC(=O)Cc2c(C)[nH]c3ccc(Cl)cc23)cc1. The molecule has 1 amide bonds. The van der Waals surface area contributed by atoms with Gasteiger partial charge >= 0.3 is 0 Å². The number of nitrogens with one attached hydrogen (secondary N) is 2. The minimum atomic E-state index is 0.0116. The van der Waals surface area contributed by atoms with Gasteiger partial charge in [-0.1, -0.05) is 23.7 Å². The number of halogens is 1. The van der Waals surface area contributed by atoms with Crippen LogP contribution in [0.1, 0.15) is 16.8 Å². The highest BCUT2D eigenvalue weighted by Crippen LogP contribution is 2.25. The van der Waals surface area contributed by atoms with Crippen LogP contribution < -0.4 is 10.1 Å².